The average molecular weight is 424 g/mol. The Kier molecular flexibility index (Phi) is 5.94. The number of piperazine rings is 1. The van der Waals surface area contributed by atoms with Gasteiger partial charge < -0.3 is 15.1 Å². The molecule has 1 aliphatic rings. The molecule has 9 nitrogen and oxygen atoms in total. The van der Waals surface area contributed by atoms with E-state index in [9.17, 15) is 10.1 Å². The van der Waals surface area contributed by atoms with Crippen molar-refractivity contribution in [2.75, 3.05) is 47.6 Å². The molecule has 1 saturated heterocycles. The highest BCUT2D eigenvalue weighted by Crippen LogP contribution is 2.25. The lowest BCUT2D eigenvalue weighted by atomic mass is 10.2. The first-order valence-corrected chi connectivity index (χ1v) is 10.7. The number of hydrogen-bond acceptors (Lipinski definition) is 9. The van der Waals surface area contributed by atoms with E-state index in [0.29, 0.717) is 11.0 Å². The van der Waals surface area contributed by atoms with Crippen LogP contribution in [0.15, 0.2) is 59.9 Å². The summed E-state index contributed by atoms with van der Waals surface area (Å²) in [6, 6.07) is 14.1. The van der Waals surface area contributed by atoms with Gasteiger partial charge in [0, 0.05) is 56.3 Å². The molecule has 4 rings (SSSR count). The zero-order chi connectivity index (χ0) is 20.9. The Hall–Kier alpha value is -3.40. The van der Waals surface area contributed by atoms with Crippen LogP contribution in [0, 0.1) is 10.1 Å². The van der Waals surface area contributed by atoms with E-state index in [1.54, 1.807) is 12.1 Å². The SMILES string of the molecule is CSc1nc(Nc2ccc([N+](=O)[O-])cc2)cc(N2CCN(c3ccccn3)CC2)n1. The maximum absolute atomic E-state index is 10.8. The van der Waals surface area contributed by atoms with Crippen molar-refractivity contribution in [1.29, 1.82) is 0 Å². The molecule has 0 amide bonds. The minimum atomic E-state index is -0.414. The summed E-state index contributed by atoms with van der Waals surface area (Å²) in [7, 11) is 0. The highest BCUT2D eigenvalue weighted by Gasteiger charge is 2.20. The first-order chi connectivity index (χ1) is 14.6. The Morgan fingerprint density at radius 3 is 2.30 bits per heavy atom. The van der Waals surface area contributed by atoms with Crippen molar-refractivity contribution in [2.24, 2.45) is 0 Å². The lowest BCUT2D eigenvalue weighted by molar-refractivity contribution is -0.384. The number of benzene rings is 1. The second-order valence-corrected chi connectivity index (χ2v) is 7.46. The van der Waals surface area contributed by atoms with Gasteiger partial charge in [0.25, 0.3) is 5.69 Å². The fraction of sp³-hybridized carbons (Fsp3) is 0.250. The van der Waals surface area contributed by atoms with Crippen LogP contribution in [0.1, 0.15) is 0 Å². The summed E-state index contributed by atoms with van der Waals surface area (Å²) in [5.74, 6) is 2.51. The average Bonchev–Trinajstić information content (AvgIpc) is 2.80. The maximum Gasteiger partial charge on any atom is 0.269 e. The number of anilines is 4. The van der Waals surface area contributed by atoms with E-state index in [2.05, 4.69) is 30.1 Å². The maximum atomic E-state index is 10.8. The van der Waals surface area contributed by atoms with Crippen molar-refractivity contribution in [3.8, 4) is 0 Å². The number of nitro groups is 1. The first-order valence-electron chi connectivity index (χ1n) is 9.48. The van der Waals surface area contributed by atoms with Crippen LogP contribution in [0.3, 0.4) is 0 Å². The van der Waals surface area contributed by atoms with Gasteiger partial charge in [0.15, 0.2) is 5.16 Å². The van der Waals surface area contributed by atoms with E-state index in [-0.39, 0.29) is 5.69 Å². The molecular weight excluding hydrogens is 402 g/mol. The van der Waals surface area contributed by atoms with Gasteiger partial charge in [-0.1, -0.05) is 17.8 Å². The molecular formula is C20H21N7O2S. The number of rotatable bonds is 6. The number of non-ortho nitro benzene ring substituents is 1. The monoisotopic (exact) mass is 423 g/mol. The van der Waals surface area contributed by atoms with E-state index >= 15 is 0 Å². The molecule has 0 saturated carbocycles. The summed E-state index contributed by atoms with van der Waals surface area (Å²) >= 11 is 1.48. The summed E-state index contributed by atoms with van der Waals surface area (Å²) in [6.45, 7) is 3.39. The molecule has 1 aliphatic heterocycles. The van der Waals surface area contributed by atoms with Gasteiger partial charge in [0.2, 0.25) is 0 Å². The number of hydrogen-bond donors (Lipinski definition) is 1. The molecule has 10 heteroatoms. The predicted octanol–water partition coefficient (Wildman–Crippen LogP) is 3.57. The summed E-state index contributed by atoms with van der Waals surface area (Å²) < 4.78 is 0. The van der Waals surface area contributed by atoms with Gasteiger partial charge in [-0.05, 0) is 30.5 Å². The molecule has 0 radical (unpaired) electrons. The molecule has 0 atom stereocenters. The van der Waals surface area contributed by atoms with Gasteiger partial charge in [-0.3, -0.25) is 10.1 Å². The number of pyridine rings is 1. The second kappa shape index (κ2) is 8.95. The number of nitrogens with zero attached hydrogens (tertiary/aromatic N) is 6. The number of nitrogens with one attached hydrogen (secondary N) is 1. The Bertz CT molecular complexity index is 1010. The molecule has 2 aromatic heterocycles. The van der Waals surface area contributed by atoms with E-state index in [4.69, 9.17) is 0 Å². The highest BCUT2D eigenvalue weighted by atomic mass is 32.2. The molecule has 1 aromatic carbocycles. The van der Waals surface area contributed by atoms with Crippen molar-refractivity contribution in [2.45, 2.75) is 5.16 Å². The normalized spacial score (nSPS) is 13.9. The van der Waals surface area contributed by atoms with E-state index in [1.807, 2.05) is 36.7 Å². The number of thioether (sulfide) groups is 1. The van der Waals surface area contributed by atoms with Crippen molar-refractivity contribution < 1.29 is 4.92 Å². The van der Waals surface area contributed by atoms with Crippen LogP contribution >= 0.6 is 11.8 Å². The largest absolute Gasteiger partial charge is 0.353 e. The fourth-order valence-electron chi connectivity index (χ4n) is 3.25. The molecule has 0 spiro atoms. The van der Waals surface area contributed by atoms with Crippen LogP contribution in [0.5, 0.6) is 0 Å². The summed E-state index contributed by atoms with van der Waals surface area (Å²) in [6.07, 6.45) is 3.75. The number of nitro benzene ring substituents is 1. The summed E-state index contributed by atoms with van der Waals surface area (Å²) in [5, 5.41) is 14.7. The molecule has 1 N–H and O–H groups in total. The van der Waals surface area contributed by atoms with Gasteiger partial charge in [-0.2, -0.15) is 0 Å². The Morgan fingerprint density at radius 2 is 1.70 bits per heavy atom. The van der Waals surface area contributed by atoms with Crippen LogP contribution in [0.25, 0.3) is 0 Å². The van der Waals surface area contributed by atoms with E-state index < -0.39 is 4.92 Å². The Labute approximate surface area is 178 Å². The van der Waals surface area contributed by atoms with Crippen molar-refractivity contribution in [1.82, 2.24) is 15.0 Å². The Morgan fingerprint density at radius 1 is 1.00 bits per heavy atom. The Balaban J connectivity index is 1.48. The van der Waals surface area contributed by atoms with Crippen LogP contribution in [0.2, 0.25) is 0 Å². The van der Waals surface area contributed by atoms with Gasteiger partial charge in [-0.15, -0.1) is 0 Å². The van der Waals surface area contributed by atoms with Gasteiger partial charge in [0.1, 0.15) is 17.5 Å². The lowest BCUT2D eigenvalue weighted by Crippen LogP contribution is -2.47. The zero-order valence-corrected chi connectivity index (χ0v) is 17.2. The van der Waals surface area contributed by atoms with Crippen molar-refractivity contribution >= 4 is 40.6 Å². The minimum absolute atomic E-state index is 0.0551. The van der Waals surface area contributed by atoms with Gasteiger partial charge >= 0.3 is 0 Å². The molecule has 154 valence electrons. The van der Waals surface area contributed by atoms with E-state index in [0.717, 1.165) is 43.5 Å². The zero-order valence-electron chi connectivity index (χ0n) is 16.4. The van der Waals surface area contributed by atoms with Crippen LogP contribution in [0.4, 0.5) is 28.8 Å². The summed E-state index contributed by atoms with van der Waals surface area (Å²) in [5.41, 5.74) is 0.789. The number of aromatic nitrogens is 3. The molecule has 0 bridgehead atoms. The lowest BCUT2D eigenvalue weighted by Gasteiger charge is -2.36. The third kappa shape index (κ3) is 4.60. The molecule has 0 unspecified atom stereocenters. The second-order valence-electron chi connectivity index (χ2n) is 6.69. The van der Waals surface area contributed by atoms with Gasteiger partial charge in [0.05, 0.1) is 4.92 Å². The predicted molar refractivity (Wildman–Crippen MR) is 119 cm³/mol. The van der Waals surface area contributed by atoms with Crippen LogP contribution in [-0.4, -0.2) is 52.3 Å². The molecule has 3 aromatic rings. The standard InChI is InChI=1S/C20H21N7O2S/c1-30-20-23-17(22-15-5-7-16(8-6-15)27(28)29)14-19(24-20)26-12-10-25(11-13-26)18-4-2-3-9-21-18/h2-9,14H,10-13H2,1H3,(H,22,23,24). The smallest absolute Gasteiger partial charge is 0.269 e. The molecule has 30 heavy (non-hydrogen) atoms. The third-order valence-electron chi connectivity index (χ3n) is 4.80. The first kappa shape index (κ1) is 19.9. The highest BCUT2D eigenvalue weighted by molar-refractivity contribution is 7.98. The quantitative estimate of drug-likeness (QED) is 0.276. The minimum Gasteiger partial charge on any atom is -0.353 e. The topological polar surface area (TPSA) is 100 Å². The fourth-order valence-corrected chi connectivity index (χ4v) is 3.62. The molecule has 0 aliphatic carbocycles. The third-order valence-corrected chi connectivity index (χ3v) is 5.35. The van der Waals surface area contributed by atoms with Crippen molar-refractivity contribution in [3.05, 3.63) is 64.8 Å². The van der Waals surface area contributed by atoms with Crippen molar-refractivity contribution in [3.63, 3.8) is 0 Å². The van der Waals surface area contributed by atoms with Gasteiger partial charge in [-0.25, -0.2) is 15.0 Å². The van der Waals surface area contributed by atoms with Crippen LogP contribution in [-0.2, 0) is 0 Å². The van der Waals surface area contributed by atoms with Crippen LogP contribution < -0.4 is 15.1 Å². The molecule has 1 fully saturated rings. The molecule has 3 heterocycles. The summed E-state index contributed by atoms with van der Waals surface area (Å²) in [4.78, 5) is 28.5. The van der Waals surface area contributed by atoms with E-state index in [1.165, 1.54) is 23.9 Å².